The summed E-state index contributed by atoms with van der Waals surface area (Å²) in [7, 11) is -2.96. The standard InChI is InChI=1S/C20H36Si2/c1-19(2,3)21(7,8)17-13-11-12-14-18(16-15-17)22(9,10)20(4,5)6/h11-16H,1-10H3/b12-11?,13-11-,14-12-,16-15?,17-13?,17-15+,18-14?,18-16+. The normalized spacial score (nSPS) is 25.4. The number of hydrogen-bond acceptors (Lipinski definition) is 0. The van der Waals surface area contributed by atoms with Crippen LogP contribution in [0.25, 0.3) is 0 Å². The molecule has 0 aromatic rings. The van der Waals surface area contributed by atoms with Gasteiger partial charge in [-0.15, -0.1) is 0 Å². The van der Waals surface area contributed by atoms with Crippen molar-refractivity contribution >= 4 is 16.1 Å². The van der Waals surface area contributed by atoms with Crippen molar-refractivity contribution in [3.05, 3.63) is 46.8 Å². The largest absolute Gasteiger partial charge is 0.0859 e. The third-order valence-electron chi connectivity index (χ3n) is 6.30. The molecule has 1 aliphatic rings. The van der Waals surface area contributed by atoms with Gasteiger partial charge in [-0.05, 0) is 10.1 Å². The molecule has 0 aliphatic heterocycles. The molecule has 0 heterocycles. The minimum Gasteiger partial charge on any atom is -0.0651 e. The Balaban J connectivity index is 3.35. The van der Waals surface area contributed by atoms with Crippen LogP contribution in [0.3, 0.4) is 0 Å². The van der Waals surface area contributed by atoms with E-state index in [0.29, 0.717) is 10.1 Å². The van der Waals surface area contributed by atoms with Crippen molar-refractivity contribution in [1.29, 1.82) is 0 Å². The average Bonchev–Trinajstić information content (AvgIpc) is 2.24. The molecule has 1 aliphatic carbocycles. The molecule has 0 saturated carbocycles. The second-order valence-corrected chi connectivity index (χ2v) is 20.4. The SMILES string of the molecule is CC(C)(C)[Si](C)(C)C1=C/C=C([Si](C)(C)C(C)(C)C)\C=C/C=C\1. The average molecular weight is 333 g/mol. The van der Waals surface area contributed by atoms with Crippen LogP contribution in [0, 0.1) is 0 Å². The minimum absolute atomic E-state index is 0.372. The Morgan fingerprint density at radius 2 is 0.864 bits per heavy atom. The highest BCUT2D eigenvalue weighted by Crippen LogP contribution is 2.43. The van der Waals surface area contributed by atoms with E-state index in [4.69, 9.17) is 0 Å². The summed E-state index contributed by atoms with van der Waals surface area (Å²) in [5.74, 6) is 0. The predicted octanol–water partition coefficient (Wildman–Crippen LogP) is 7.06. The topological polar surface area (TPSA) is 0 Å². The third kappa shape index (κ3) is 3.83. The lowest BCUT2D eigenvalue weighted by Crippen LogP contribution is -2.40. The summed E-state index contributed by atoms with van der Waals surface area (Å²) in [6.07, 6.45) is 14.0. The summed E-state index contributed by atoms with van der Waals surface area (Å²) in [5, 5.41) is 3.86. The fourth-order valence-electron chi connectivity index (χ4n) is 2.31. The molecule has 22 heavy (non-hydrogen) atoms. The molecule has 124 valence electrons. The lowest BCUT2D eigenvalue weighted by molar-refractivity contribution is 0.725. The smallest absolute Gasteiger partial charge is 0.0651 e. The van der Waals surface area contributed by atoms with Gasteiger partial charge >= 0.3 is 0 Å². The summed E-state index contributed by atoms with van der Waals surface area (Å²) < 4.78 is 0. The highest BCUT2D eigenvalue weighted by atomic mass is 28.3. The minimum atomic E-state index is -1.48. The molecule has 2 heteroatoms. The van der Waals surface area contributed by atoms with Crippen molar-refractivity contribution in [3.63, 3.8) is 0 Å². The molecular weight excluding hydrogens is 296 g/mol. The van der Waals surface area contributed by atoms with Crippen molar-refractivity contribution in [2.75, 3.05) is 0 Å². The molecule has 0 nitrogen and oxygen atoms in total. The van der Waals surface area contributed by atoms with Gasteiger partial charge in [0, 0.05) is 0 Å². The van der Waals surface area contributed by atoms with E-state index in [1.165, 1.54) is 0 Å². The predicted molar refractivity (Wildman–Crippen MR) is 109 cm³/mol. The van der Waals surface area contributed by atoms with Crippen LogP contribution in [-0.4, -0.2) is 16.1 Å². The number of hydrogen-bond donors (Lipinski definition) is 0. The summed E-state index contributed by atoms with van der Waals surface area (Å²) in [4.78, 5) is 0. The molecular formula is C20H36Si2. The quantitative estimate of drug-likeness (QED) is 0.475. The summed E-state index contributed by atoms with van der Waals surface area (Å²) >= 11 is 0. The molecule has 0 unspecified atom stereocenters. The number of allylic oxidation sites excluding steroid dienone is 8. The molecule has 0 saturated heterocycles. The van der Waals surface area contributed by atoms with Gasteiger partial charge in [-0.25, -0.2) is 0 Å². The first-order valence-electron chi connectivity index (χ1n) is 8.49. The second-order valence-electron chi connectivity index (χ2n) is 9.71. The van der Waals surface area contributed by atoms with Crippen molar-refractivity contribution in [1.82, 2.24) is 0 Å². The molecule has 0 aromatic heterocycles. The van der Waals surface area contributed by atoms with E-state index in [1.807, 2.05) is 0 Å². The van der Waals surface area contributed by atoms with Crippen LogP contribution in [0.1, 0.15) is 41.5 Å². The lowest BCUT2D eigenvalue weighted by atomic mass is 10.2. The van der Waals surface area contributed by atoms with E-state index in [-0.39, 0.29) is 0 Å². The van der Waals surface area contributed by atoms with Gasteiger partial charge in [0.25, 0.3) is 0 Å². The molecule has 0 N–H and O–H groups in total. The Morgan fingerprint density at radius 3 is 1.09 bits per heavy atom. The van der Waals surface area contributed by atoms with Gasteiger partial charge < -0.3 is 0 Å². The van der Waals surface area contributed by atoms with Gasteiger partial charge in [-0.1, -0.05) is 115 Å². The summed E-state index contributed by atoms with van der Waals surface area (Å²) in [6.45, 7) is 24.3. The Morgan fingerprint density at radius 1 is 0.591 bits per heavy atom. The first kappa shape index (κ1) is 19.4. The van der Waals surface area contributed by atoms with Gasteiger partial charge in [-0.3, -0.25) is 0 Å². The maximum atomic E-state index is 2.49. The molecule has 0 bridgehead atoms. The molecule has 0 radical (unpaired) electrons. The lowest BCUT2D eigenvalue weighted by Gasteiger charge is -2.39. The Kier molecular flexibility index (Phi) is 5.41. The van der Waals surface area contributed by atoms with Crippen LogP contribution in [0.15, 0.2) is 46.8 Å². The van der Waals surface area contributed by atoms with Gasteiger partial charge in [0.15, 0.2) is 0 Å². The first-order valence-corrected chi connectivity index (χ1v) is 14.5. The molecule has 0 spiro atoms. The molecule has 1 rings (SSSR count). The van der Waals surface area contributed by atoms with E-state index in [1.54, 1.807) is 10.4 Å². The monoisotopic (exact) mass is 332 g/mol. The van der Waals surface area contributed by atoms with Gasteiger partial charge in [0.05, 0.1) is 16.1 Å². The Labute approximate surface area is 141 Å². The van der Waals surface area contributed by atoms with Crippen LogP contribution in [0.5, 0.6) is 0 Å². The fourth-order valence-corrected chi connectivity index (χ4v) is 6.07. The van der Waals surface area contributed by atoms with E-state index < -0.39 is 16.1 Å². The van der Waals surface area contributed by atoms with Gasteiger partial charge in [-0.2, -0.15) is 0 Å². The van der Waals surface area contributed by atoms with E-state index in [0.717, 1.165) is 0 Å². The maximum Gasteiger partial charge on any atom is 0.0859 e. The van der Waals surface area contributed by atoms with Crippen LogP contribution in [0.2, 0.25) is 36.3 Å². The Bertz CT molecular complexity index is 477. The fraction of sp³-hybridized carbons (Fsp3) is 0.600. The van der Waals surface area contributed by atoms with Gasteiger partial charge in [0.2, 0.25) is 0 Å². The zero-order valence-corrected chi connectivity index (χ0v) is 18.5. The zero-order chi connectivity index (χ0) is 17.4. The highest BCUT2D eigenvalue weighted by Gasteiger charge is 2.39. The van der Waals surface area contributed by atoms with Crippen LogP contribution in [-0.2, 0) is 0 Å². The molecule has 0 amide bonds. The van der Waals surface area contributed by atoms with Crippen molar-refractivity contribution < 1.29 is 0 Å². The van der Waals surface area contributed by atoms with Crippen LogP contribution in [0.4, 0.5) is 0 Å². The van der Waals surface area contributed by atoms with Crippen LogP contribution < -0.4 is 0 Å². The van der Waals surface area contributed by atoms with E-state index in [9.17, 15) is 0 Å². The molecule has 0 fully saturated rings. The Hall–Kier alpha value is -0.606. The summed E-state index contributed by atoms with van der Waals surface area (Å²) in [6, 6.07) is 0. The maximum absolute atomic E-state index is 2.49. The molecule has 0 atom stereocenters. The van der Waals surface area contributed by atoms with E-state index >= 15 is 0 Å². The third-order valence-corrected chi connectivity index (χ3v) is 17.4. The molecule has 0 aromatic carbocycles. The summed E-state index contributed by atoms with van der Waals surface area (Å²) in [5.41, 5.74) is 0. The van der Waals surface area contributed by atoms with Crippen molar-refractivity contribution in [2.24, 2.45) is 0 Å². The van der Waals surface area contributed by atoms with Crippen molar-refractivity contribution in [3.8, 4) is 0 Å². The van der Waals surface area contributed by atoms with Gasteiger partial charge in [0.1, 0.15) is 0 Å². The zero-order valence-electron chi connectivity index (χ0n) is 16.5. The first-order chi connectivity index (χ1) is 9.71. The van der Waals surface area contributed by atoms with E-state index in [2.05, 4.69) is 104 Å². The highest BCUT2D eigenvalue weighted by molar-refractivity contribution is 6.88. The number of rotatable bonds is 2. The van der Waals surface area contributed by atoms with Crippen molar-refractivity contribution in [2.45, 2.75) is 77.8 Å². The van der Waals surface area contributed by atoms with Crippen LogP contribution >= 0.6 is 0 Å². The second kappa shape index (κ2) is 6.12.